The molecule has 1 aliphatic rings. The van der Waals surface area contributed by atoms with E-state index in [2.05, 4.69) is 21.0 Å². The summed E-state index contributed by atoms with van der Waals surface area (Å²) in [6.45, 7) is 1.80. The summed E-state index contributed by atoms with van der Waals surface area (Å²) in [6.07, 6.45) is 1.49. The normalized spacial score (nSPS) is 14.2. The summed E-state index contributed by atoms with van der Waals surface area (Å²) < 4.78 is 12.8. The highest BCUT2D eigenvalue weighted by molar-refractivity contribution is 6.09. The van der Waals surface area contributed by atoms with Crippen molar-refractivity contribution in [1.82, 2.24) is 9.78 Å². The molecule has 3 aromatic carbocycles. The molecular weight excluding hydrogens is 482 g/mol. The quantitative estimate of drug-likeness (QED) is 0.321. The lowest BCUT2D eigenvalue weighted by Crippen LogP contribution is -2.32. The number of nitrogens with zero attached hydrogens (tertiary/aromatic N) is 2. The van der Waals surface area contributed by atoms with Crippen molar-refractivity contribution in [3.8, 4) is 11.5 Å². The van der Waals surface area contributed by atoms with Crippen LogP contribution in [0.1, 0.15) is 28.9 Å². The molecule has 3 N–H and O–H groups in total. The minimum atomic E-state index is -0.710. The SMILES string of the molecule is COc1ccc(OC)c([C@@H]2C(C(=O)Nc3ccccc3)=C(C)Nc3c(C(=O)Nc4ccccc4)cnn32)c1. The van der Waals surface area contributed by atoms with Gasteiger partial charge in [-0.2, -0.15) is 5.10 Å². The number of hydrogen-bond acceptors (Lipinski definition) is 6. The lowest BCUT2D eigenvalue weighted by atomic mass is 9.93. The Kier molecular flexibility index (Phi) is 6.82. The zero-order valence-corrected chi connectivity index (χ0v) is 21.2. The van der Waals surface area contributed by atoms with E-state index in [-0.39, 0.29) is 11.8 Å². The van der Waals surface area contributed by atoms with Gasteiger partial charge in [0.15, 0.2) is 0 Å². The fourth-order valence-electron chi connectivity index (χ4n) is 4.50. The van der Waals surface area contributed by atoms with E-state index in [1.165, 1.54) is 6.20 Å². The second-order valence-electron chi connectivity index (χ2n) is 8.67. The van der Waals surface area contributed by atoms with Crippen LogP contribution in [0.3, 0.4) is 0 Å². The average molecular weight is 510 g/mol. The Morgan fingerprint density at radius 2 is 1.50 bits per heavy atom. The second-order valence-corrected chi connectivity index (χ2v) is 8.67. The van der Waals surface area contributed by atoms with E-state index in [0.717, 1.165) is 0 Å². The lowest BCUT2D eigenvalue weighted by molar-refractivity contribution is -0.113. The largest absolute Gasteiger partial charge is 0.497 e. The Morgan fingerprint density at radius 1 is 0.868 bits per heavy atom. The van der Waals surface area contributed by atoms with Gasteiger partial charge in [-0.3, -0.25) is 9.59 Å². The molecule has 0 saturated heterocycles. The third kappa shape index (κ3) is 4.69. The zero-order chi connectivity index (χ0) is 26.6. The van der Waals surface area contributed by atoms with Crippen LogP contribution in [0.25, 0.3) is 0 Å². The maximum absolute atomic E-state index is 13.7. The van der Waals surface area contributed by atoms with Gasteiger partial charge in [0.2, 0.25) is 0 Å². The Bertz CT molecular complexity index is 1510. The predicted octanol–water partition coefficient (Wildman–Crippen LogP) is 5.08. The number of allylic oxidation sites excluding steroid dienone is 1. The summed E-state index contributed by atoms with van der Waals surface area (Å²) >= 11 is 0. The van der Waals surface area contributed by atoms with Crippen LogP contribution >= 0.6 is 0 Å². The summed E-state index contributed by atoms with van der Waals surface area (Å²) in [5.74, 6) is 0.962. The number of hydrogen-bond donors (Lipinski definition) is 3. The molecule has 5 rings (SSSR count). The van der Waals surface area contributed by atoms with Crippen LogP contribution in [0.4, 0.5) is 17.2 Å². The topological polar surface area (TPSA) is 107 Å². The molecule has 2 amide bonds. The Balaban J connectivity index is 1.61. The monoisotopic (exact) mass is 509 g/mol. The summed E-state index contributed by atoms with van der Waals surface area (Å²) in [5, 5.41) is 13.7. The smallest absolute Gasteiger partial charge is 0.261 e. The highest BCUT2D eigenvalue weighted by Gasteiger charge is 2.37. The minimum Gasteiger partial charge on any atom is -0.497 e. The average Bonchev–Trinajstić information content (AvgIpc) is 3.36. The second kappa shape index (κ2) is 10.5. The lowest BCUT2D eigenvalue weighted by Gasteiger charge is -2.31. The molecule has 0 bridgehead atoms. The number of rotatable bonds is 7. The number of methoxy groups -OCH3 is 2. The van der Waals surface area contributed by atoms with Gasteiger partial charge in [0.05, 0.1) is 26.0 Å². The molecule has 1 aromatic heterocycles. The van der Waals surface area contributed by atoms with Crippen molar-refractivity contribution in [3.05, 3.63) is 107 Å². The molecule has 0 spiro atoms. The predicted molar refractivity (Wildman–Crippen MR) is 146 cm³/mol. The fraction of sp³-hybridized carbons (Fsp3) is 0.138. The molecule has 4 aromatic rings. The number of amides is 2. The molecule has 38 heavy (non-hydrogen) atoms. The van der Waals surface area contributed by atoms with Crippen molar-refractivity contribution in [2.45, 2.75) is 13.0 Å². The van der Waals surface area contributed by atoms with Crippen molar-refractivity contribution in [3.63, 3.8) is 0 Å². The number of aromatic nitrogens is 2. The van der Waals surface area contributed by atoms with Crippen LogP contribution in [-0.4, -0.2) is 35.8 Å². The first-order valence-electron chi connectivity index (χ1n) is 12.0. The Morgan fingerprint density at radius 3 is 2.11 bits per heavy atom. The van der Waals surface area contributed by atoms with E-state index >= 15 is 0 Å². The third-order valence-electron chi connectivity index (χ3n) is 6.31. The van der Waals surface area contributed by atoms with Gasteiger partial charge in [-0.1, -0.05) is 36.4 Å². The van der Waals surface area contributed by atoms with Gasteiger partial charge in [0.1, 0.15) is 28.9 Å². The van der Waals surface area contributed by atoms with Crippen LogP contribution in [0, 0.1) is 0 Å². The zero-order valence-electron chi connectivity index (χ0n) is 21.2. The number of benzene rings is 3. The van der Waals surface area contributed by atoms with Crippen LogP contribution in [0.5, 0.6) is 11.5 Å². The van der Waals surface area contributed by atoms with Crippen molar-refractivity contribution in [1.29, 1.82) is 0 Å². The number of anilines is 3. The molecule has 1 aliphatic heterocycles. The minimum absolute atomic E-state index is 0.312. The van der Waals surface area contributed by atoms with Crippen LogP contribution in [0.2, 0.25) is 0 Å². The standard InChI is InChI=1S/C29H27N5O4/c1-18-25(29(36)33-20-12-8-5-9-13-20)26(22-16-21(37-2)14-15-24(22)38-3)34-27(31-18)23(17-30-34)28(35)32-19-10-6-4-7-11-19/h4-17,26,31H,1-3H3,(H,32,35)(H,33,36)/t26-/m1/s1. The Hall–Kier alpha value is -5.05. The van der Waals surface area contributed by atoms with Crippen molar-refractivity contribution >= 4 is 29.0 Å². The van der Waals surface area contributed by atoms with Gasteiger partial charge in [-0.25, -0.2) is 4.68 Å². The van der Waals surface area contributed by atoms with E-state index < -0.39 is 6.04 Å². The highest BCUT2D eigenvalue weighted by Crippen LogP contribution is 2.42. The highest BCUT2D eigenvalue weighted by atomic mass is 16.5. The van der Waals surface area contributed by atoms with Crippen molar-refractivity contribution in [2.24, 2.45) is 0 Å². The van der Waals surface area contributed by atoms with Gasteiger partial charge < -0.3 is 25.4 Å². The number of carbonyl (C=O) groups is 2. The van der Waals surface area contributed by atoms with Gasteiger partial charge in [-0.05, 0) is 49.4 Å². The van der Waals surface area contributed by atoms with Crippen LogP contribution in [-0.2, 0) is 4.79 Å². The molecular formula is C29H27N5O4. The number of carbonyl (C=O) groups excluding carboxylic acids is 2. The van der Waals surface area contributed by atoms with Crippen molar-refractivity contribution < 1.29 is 19.1 Å². The van der Waals surface area contributed by atoms with E-state index in [4.69, 9.17) is 9.47 Å². The molecule has 0 saturated carbocycles. The van der Waals surface area contributed by atoms with E-state index in [9.17, 15) is 9.59 Å². The fourth-order valence-corrected chi connectivity index (χ4v) is 4.50. The molecule has 9 nitrogen and oxygen atoms in total. The maximum atomic E-state index is 13.7. The number of para-hydroxylation sites is 2. The van der Waals surface area contributed by atoms with Gasteiger partial charge in [0, 0.05) is 22.6 Å². The summed E-state index contributed by atoms with van der Waals surface area (Å²) in [4.78, 5) is 26.9. The van der Waals surface area contributed by atoms with Gasteiger partial charge >= 0.3 is 0 Å². The summed E-state index contributed by atoms with van der Waals surface area (Å²) in [7, 11) is 3.14. The molecule has 0 fully saturated rings. The van der Waals surface area contributed by atoms with Gasteiger partial charge in [-0.15, -0.1) is 0 Å². The Labute approximate surface area is 220 Å². The first-order chi connectivity index (χ1) is 18.5. The van der Waals surface area contributed by atoms with Gasteiger partial charge in [0.25, 0.3) is 11.8 Å². The van der Waals surface area contributed by atoms with Crippen LogP contribution < -0.4 is 25.4 Å². The molecule has 192 valence electrons. The van der Waals surface area contributed by atoms with Crippen molar-refractivity contribution in [2.75, 3.05) is 30.2 Å². The van der Waals surface area contributed by atoms with E-state index in [1.54, 1.807) is 38.0 Å². The van der Waals surface area contributed by atoms with E-state index in [0.29, 0.717) is 51.1 Å². The number of nitrogens with one attached hydrogen (secondary N) is 3. The third-order valence-corrected chi connectivity index (χ3v) is 6.31. The number of fused-ring (bicyclic) bond motifs is 1. The maximum Gasteiger partial charge on any atom is 0.261 e. The molecule has 0 aliphatic carbocycles. The molecule has 9 heteroatoms. The molecule has 0 radical (unpaired) electrons. The first-order valence-corrected chi connectivity index (χ1v) is 12.0. The molecule has 0 unspecified atom stereocenters. The summed E-state index contributed by atoms with van der Waals surface area (Å²) in [5.41, 5.74) is 3.31. The summed E-state index contributed by atoms with van der Waals surface area (Å²) in [6, 6.07) is 23.1. The first kappa shape index (κ1) is 24.6. The van der Waals surface area contributed by atoms with Crippen LogP contribution in [0.15, 0.2) is 96.3 Å². The number of ether oxygens (including phenoxy) is 2. The molecule has 2 heterocycles. The molecule has 1 atom stereocenters. The van der Waals surface area contributed by atoms with E-state index in [1.807, 2.05) is 66.7 Å².